The molecule has 0 aliphatic carbocycles. The molecule has 0 spiro atoms. The van der Waals surface area contributed by atoms with E-state index in [9.17, 15) is 4.79 Å². The van der Waals surface area contributed by atoms with Gasteiger partial charge in [-0.15, -0.1) is 0 Å². The Balaban J connectivity index is 3.97. The predicted octanol–water partition coefficient (Wildman–Crippen LogP) is -1.04. The van der Waals surface area contributed by atoms with E-state index in [2.05, 4.69) is 10.3 Å². The van der Waals surface area contributed by atoms with Crippen LogP contribution in [-0.4, -0.2) is 36.7 Å². The molecule has 6 N–H and O–H groups in total. The lowest BCUT2D eigenvalue weighted by atomic mass is 10.0. The van der Waals surface area contributed by atoms with Crippen LogP contribution in [0.25, 0.3) is 0 Å². The minimum atomic E-state index is -0.857. The van der Waals surface area contributed by atoms with Gasteiger partial charge in [-0.3, -0.25) is 9.79 Å². The average molecular weight is 202 g/mol. The topological polar surface area (TPSA) is 114 Å². The van der Waals surface area contributed by atoms with Crippen LogP contribution in [0.15, 0.2) is 4.99 Å². The van der Waals surface area contributed by atoms with E-state index in [1.807, 2.05) is 6.92 Å². The van der Waals surface area contributed by atoms with Crippen molar-refractivity contribution in [2.45, 2.75) is 19.4 Å². The van der Waals surface area contributed by atoms with Gasteiger partial charge in [0.15, 0.2) is 5.96 Å². The zero-order chi connectivity index (χ0) is 11.1. The van der Waals surface area contributed by atoms with Gasteiger partial charge in [-0.1, -0.05) is 6.92 Å². The van der Waals surface area contributed by atoms with Gasteiger partial charge in [0.25, 0.3) is 0 Å². The van der Waals surface area contributed by atoms with Crippen LogP contribution in [0.2, 0.25) is 0 Å². The van der Waals surface area contributed by atoms with Crippen molar-refractivity contribution in [2.24, 2.45) is 22.4 Å². The van der Waals surface area contributed by atoms with Gasteiger partial charge < -0.3 is 21.9 Å². The van der Waals surface area contributed by atoms with E-state index in [4.69, 9.17) is 16.6 Å². The van der Waals surface area contributed by atoms with Crippen molar-refractivity contribution in [3.05, 3.63) is 0 Å². The van der Waals surface area contributed by atoms with E-state index in [1.54, 1.807) is 7.05 Å². The average Bonchev–Trinajstić information content (AvgIpc) is 2.10. The molecule has 0 fully saturated rings. The third-order valence-electron chi connectivity index (χ3n) is 1.87. The summed E-state index contributed by atoms with van der Waals surface area (Å²) < 4.78 is 0. The largest absolute Gasteiger partial charge is 0.480 e. The molecule has 6 heteroatoms. The van der Waals surface area contributed by atoms with Gasteiger partial charge in [0.05, 0.1) is 0 Å². The first-order valence-corrected chi connectivity index (χ1v) is 4.42. The molecule has 0 aliphatic heterocycles. The maximum absolute atomic E-state index is 10.7. The lowest BCUT2D eigenvalue weighted by Crippen LogP contribution is -2.36. The summed E-state index contributed by atoms with van der Waals surface area (Å²) in [6.45, 7) is 2.35. The molecule has 0 aliphatic rings. The normalized spacial score (nSPS) is 14.4. The number of aliphatic carboxylic acids is 1. The molecule has 1 unspecified atom stereocenters. The number of nitrogens with zero attached hydrogens (tertiary/aromatic N) is 1. The molecule has 0 aromatic carbocycles. The van der Waals surface area contributed by atoms with E-state index < -0.39 is 12.0 Å². The Hall–Kier alpha value is -1.30. The van der Waals surface area contributed by atoms with Gasteiger partial charge in [0, 0.05) is 6.54 Å². The number of hydrogen-bond acceptors (Lipinski definition) is 3. The highest BCUT2D eigenvalue weighted by Gasteiger charge is 2.17. The Morgan fingerprint density at radius 3 is 2.50 bits per heavy atom. The minimum absolute atomic E-state index is 0.0354. The first-order valence-electron chi connectivity index (χ1n) is 4.42. The fraction of sp³-hybridized carbons (Fsp3) is 0.750. The number of nitrogens with one attached hydrogen (secondary N) is 1. The molecule has 2 atom stereocenters. The van der Waals surface area contributed by atoms with Crippen LogP contribution < -0.4 is 16.8 Å². The third-order valence-corrected chi connectivity index (χ3v) is 1.87. The molecule has 0 rings (SSSR count). The minimum Gasteiger partial charge on any atom is -0.480 e. The summed E-state index contributed by atoms with van der Waals surface area (Å²) in [6.07, 6.45) is 0.503. The van der Waals surface area contributed by atoms with Crippen molar-refractivity contribution in [3.63, 3.8) is 0 Å². The number of carbonyl (C=O) groups is 1. The number of guanidine groups is 1. The summed E-state index contributed by atoms with van der Waals surface area (Å²) in [6, 6.07) is -0.542. The van der Waals surface area contributed by atoms with Crippen molar-refractivity contribution in [3.8, 4) is 0 Å². The SMILES string of the molecule is CN[C@@H](CC(C)CN=C(N)N)C(=O)O. The number of carboxylic acids is 1. The Labute approximate surface area is 83.4 Å². The molecule has 0 saturated heterocycles. The molecule has 6 nitrogen and oxygen atoms in total. The Bertz CT molecular complexity index is 213. The highest BCUT2D eigenvalue weighted by Crippen LogP contribution is 2.06. The lowest BCUT2D eigenvalue weighted by molar-refractivity contribution is -0.139. The van der Waals surface area contributed by atoms with Crippen LogP contribution in [0.3, 0.4) is 0 Å². The second kappa shape index (κ2) is 6.20. The summed E-state index contributed by atoms with van der Waals surface area (Å²) in [5, 5.41) is 11.5. The molecular weight excluding hydrogens is 184 g/mol. The molecule has 0 heterocycles. The molecule has 14 heavy (non-hydrogen) atoms. The highest BCUT2D eigenvalue weighted by molar-refractivity contribution is 5.75. The maximum atomic E-state index is 10.7. The molecule has 0 saturated carbocycles. The number of likely N-dealkylation sites (N-methyl/N-ethyl adjacent to an activating group) is 1. The van der Waals surface area contributed by atoms with Crippen molar-refractivity contribution in [1.82, 2.24) is 5.32 Å². The molecule has 0 radical (unpaired) electrons. The van der Waals surface area contributed by atoms with E-state index in [1.165, 1.54) is 0 Å². The summed E-state index contributed by atoms with van der Waals surface area (Å²) in [5.41, 5.74) is 10.3. The van der Waals surface area contributed by atoms with Crippen LogP contribution in [0.1, 0.15) is 13.3 Å². The second-order valence-corrected chi connectivity index (χ2v) is 3.29. The van der Waals surface area contributed by atoms with Crippen molar-refractivity contribution in [1.29, 1.82) is 0 Å². The first-order chi connectivity index (χ1) is 6.47. The molecular formula is C8H18N4O2. The Morgan fingerprint density at radius 1 is 1.57 bits per heavy atom. The van der Waals surface area contributed by atoms with Gasteiger partial charge in [-0.25, -0.2) is 0 Å². The van der Waals surface area contributed by atoms with Gasteiger partial charge in [0.1, 0.15) is 6.04 Å². The fourth-order valence-corrected chi connectivity index (χ4v) is 1.08. The number of carboxylic acid groups (broad SMARTS) is 1. The van der Waals surface area contributed by atoms with Crippen LogP contribution in [0, 0.1) is 5.92 Å². The van der Waals surface area contributed by atoms with E-state index in [0.29, 0.717) is 13.0 Å². The first kappa shape index (κ1) is 12.7. The molecule has 0 aromatic heterocycles. The van der Waals surface area contributed by atoms with Crippen molar-refractivity contribution in [2.75, 3.05) is 13.6 Å². The molecule has 0 aromatic rings. The Kier molecular flexibility index (Phi) is 5.62. The van der Waals surface area contributed by atoms with Gasteiger partial charge >= 0.3 is 5.97 Å². The zero-order valence-electron chi connectivity index (χ0n) is 8.53. The molecule has 0 bridgehead atoms. The van der Waals surface area contributed by atoms with Gasteiger partial charge in [-0.05, 0) is 19.4 Å². The second-order valence-electron chi connectivity index (χ2n) is 3.29. The van der Waals surface area contributed by atoms with Gasteiger partial charge in [0.2, 0.25) is 0 Å². The summed E-state index contributed by atoms with van der Waals surface area (Å²) >= 11 is 0. The van der Waals surface area contributed by atoms with E-state index in [0.717, 1.165) is 0 Å². The van der Waals surface area contributed by atoms with Crippen molar-refractivity contribution < 1.29 is 9.90 Å². The van der Waals surface area contributed by atoms with Gasteiger partial charge in [-0.2, -0.15) is 0 Å². The standard InChI is InChI=1S/C8H18N4O2/c1-5(4-12-8(9)10)3-6(11-2)7(13)14/h5-6,11H,3-4H2,1-2H3,(H,13,14)(H4,9,10,12)/t5?,6-/m0/s1. The predicted molar refractivity (Wildman–Crippen MR) is 54.9 cm³/mol. The zero-order valence-corrected chi connectivity index (χ0v) is 8.53. The fourth-order valence-electron chi connectivity index (χ4n) is 1.08. The smallest absolute Gasteiger partial charge is 0.320 e. The van der Waals surface area contributed by atoms with E-state index >= 15 is 0 Å². The summed E-state index contributed by atoms with van der Waals surface area (Å²) in [5.74, 6) is -0.692. The van der Waals surface area contributed by atoms with Crippen molar-refractivity contribution >= 4 is 11.9 Å². The molecule has 82 valence electrons. The van der Waals surface area contributed by atoms with Crippen LogP contribution >= 0.6 is 0 Å². The molecule has 0 amide bonds. The summed E-state index contributed by atoms with van der Waals surface area (Å²) in [4.78, 5) is 14.5. The quantitative estimate of drug-likeness (QED) is 0.324. The monoisotopic (exact) mass is 202 g/mol. The number of hydrogen-bond donors (Lipinski definition) is 4. The number of aliphatic imine (C=N–C) groups is 1. The van der Waals surface area contributed by atoms with Crippen LogP contribution in [0.4, 0.5) is 0 Å². The number of rotatable bonds is 6. The van der Waals surface area contributed by atoms with Crippen LogP contribution in [-0.2, 0) is 4.79 Å². The third kappa shape index (κ3) is 5.36. The van der Waals surface area contributed by atoms with Crippen LogP contribution in [0.5, 0.6) is 0 Å². The summed E-state index contributed by atoms with van der Waals surface area (Å²) in [7, 11) is 1.62. The maximum Gasteiger partial charge on any atom is 0.320 e. The van der Waals surface area contributed by atoms with E-state index in [-0.39, 0.29) is 11.9 Å². The number of nitrogens with two attached hydrogens (primary N) is 2. The lowest BCUT2D eigenvalue weighted by Gasteiger charge is -2.15. The Morgan fingerprint density at radius 2 is 2.14 bits per heavy atom. The highest BCUT2D eigenvalue weighted by atomic mass is 16.4.